The summed E-state index contributed by atoms with van der Waals surface area (Å²) in [5.74, 6) is 0.123. The van der Waals surface area contributed by atoms with Gasteiger partial charge in [0.1, 0.15) is 5.84 Å². The number of nitrogen functional groups attached to an aromatic ring is 1. The van der Waals surface area contributed by atoms with Gasteiger partial charge in [-0.2, -0.15) is 0 Å². The van der Waals surface area contributed by atoms with Gasteiger partial charge >= 0.3 is 0 Å². The molecule has 21 heavy (non-hydrogen) atoms. The molecule has 0 heterocycles. The van der Waals surface area contributed by atoms with Crippen molar-refractivity contribution in [3.63, 3.8) is 0 Å². The van der Waals surface area contributed by atoms with Crippen LogP contribution >= 0.6 is 0 Å². The van der Waals surface area contributed by atoms with E-state index in [2.05, 4.69) is 56.1 Å². The molecule has 0 saturated heterocycles. The number of amidine groups is 1. The highest BCUT2D eigenvalue weighted by molar-refractivity contribution is 5.95. The van der Waals surface area contributed by atoms with Gasteiger partial charge in [0.25, 0.3) is 0 Å². The molecule has 2 aromatic rings. The van der Waals surface area contributed by atoms with Crippen molar-refractivity contribution in [1.82, 2.24) is 4.90 Å². The molecule has 0 aliphatic rings. The maximum absolute atomic E-state index is 7.48. The molecule has 0 amide bonds. The molecule has 2 aromatic carbocycles. The molecule has 0 atom stereocenters. The molecule has 0 aliphatic carbocycles. The zero-order valence-electron chi connectivity index (χ0n) is 13.0. The summed E-state index contributed by atoms with van der Waals surface area (Å²) in [6, 6.07) is 14.6. The van der Waals surface area contributed by atoms with Crippen LogP contribution in [0.3, 0.4) is 0 Å². The summed E-state index contributed by atoms with van der Waals surface area (Å²) in [5.41, 5.74) is 11.4. The average Bonchev–Trinajstić information content (AvgIpc) is 2.40. The molecule has 110 valence electrons. The van der Waals surface area contributed by atoms with Crippen molar-refractivity contribution in [2.45, 2.75) is 26.9 Å². The fourth-order valence-corrected chi connectivity index (χ4v) is 2.51. The summed E-state index contributed by atoms with van der Waals surface area (Å²) in [4.78, 5) is 2.30. The maximum atomic E-state index is 7.48. The zero-order valence-corrected chi connectivity index (χ0v) is 13.0. The Morgan fingerprint density at radius 1 is 1.10 bits per heavy atom. The Morgan fingerprint density at radius 2 is 1.86 bits per heavy atom. The molecule has 0 saturated carbocycles. The number of rotatable bonds is 5. The minimum Gasteiger partial charge on any atom is -0.384 e. The van der Waals surface area contributed by atoms with Crippen molar-refractivity contribution < 1.29 is 0 Å². The van der Waals surface area contributed by atoms with E-state index in [1.165, 1.54) is 22.3 Å². The molecule has 0 unspecified atom stereocenters. The molecule has 3 nitrogen and oxygen atoms in total. The molecule has 0 aromatic heterocycles. The second-order valence-electron chi connectivity index (χ2n) is 5.72. The molecule has 0 radical (unpaired) electrons. The topological polar surface area (TPSA) is 53.1 Å². The van der Waals surface area contributed by atoms with Gasteiger partial charge in [0.2, 0.25) is 0 Å². The van der Waals surface area contributed by atoms with Gasteiger partial charge < -0.3 is 5.73 Å². The Balaban J connectivity index is 2.06. The van der Waals surface area contributed by atoms with Crippen LogP contribution in [0.25, 0.3) is 0 Å². The Hall–Kier alpha value is -2.13. The van der Waals surface area contributed by atoms with Crippen LogP contribution in [0.2, 0.25) is 0 Å². The lowest BCUT2D eigenvalue weighted by atomic mass is 10.0. The number of hydrogen-bond acceptors (Lipinski definition) is 2. The quantitative estimate of drug-likeness (QED) is 0.653. The third-order valence-electron chi connectivity index (χ3n) is 3.63. The number of benzene rings is 2. The maximum Gasteiger partial charge on any atom is 0.122 e. The number of aryl methyl sites for hydroxylation is 2. The van der Waals surface area contributed by atoms with Gasteiger partial charge in [-0.05, 0) is 43.7 Å². The first-order valence-corrected chi connectivity index (χ1v) is 7.13. The molecule has 3 heteroatoms. The molecule has 0 fully saturated rings. The molecule has 0 spiro atoms. The van der Waals surface area contributed by atoms with Gasteiger partial charge in [-0.1, -0.05) is 42.0 Å². The van der Waals surface area contributed by atoms with Crippen LogP contribution < -0.4 is 5.73 Å². The monoisotopic (exact) mass is 281 g/mol. The van der Waals surface area contributed by atoms with Gasteiger partial charge in [0, 0.05) is 18.7 Å². The van der Waals surface area contributed by atoms with Crippen LogP contribution in [0, 0.1) is 19.3 Å². The van der Waals surface area contributed by atoms with Crippen molar-refractivity contribution in [2.24, 2.45) is 5.73 Å². The number of nitrogens with two attached hydrogens (primary N) is 1. The Morgan fingerprint density at radius 3 is 2.48 bits per heavy atom. The SMILES string of the molecule is Cc1cccc(CN(C)Cc2ccc(C(=N)N)cc2C)c1. The van der Waals surface area contributed by atoms with Gasteiger partial charge in [0.15, 0.2) is 0 Å². The minimum atomic E-state index is 0.123. The average molecular weight is 281 g/mol. The summed E-state index contributed by atoms with van der Waals surface area (Å²) in [5, 5.41) is 7.48. The van der Waals surface area contributed by atoms with E-state index in [-0.39, 0.29) is 5.84 Å². The highest BCUT2D eigenvalue weighted by Crippen LogP contribution is 2.15. The van der Waals surface area contributed by atoms with E-state index < -0.39 is 0 Å². The summed E-state index contributed by atoms with van der Waals surface area (Å²) >= 11 is 0. The highest BCUT2D eigenvalue weighted by atomic mass is 15.1. The Bertz CT molecular complexity index is 647. The van der Waals surface area contributed by atoms with Crippen LogP contribution in [0.15, 0.2) is 42.5 Å². The standard InChI is InChI=1S/C18H23N3/c1-13-5-4-6-15(9-13)11-21(3)12-17-8-7-16(18(19)20)10-14(17)2/h4-10H,11-12H2,1-3H3,(H3,19,20). The van der Waals surface area contributed by atoms with E-state index in [0.29, 0.717) is 0 Å². The van der Waals surface area contributed by atoms with Crippen LogP contribution in [0.5, 0.6) is 0 Å². The number of hydrogen-bond donors (Lipinski definition) is 2. The van der Waals surface area contributed by atoms with Crippen molar-refractivity contribution in [3.8, 4) is 0 Å². The smallest absolute Gasteiger partial charge is 0.122 e. The van der Waals surface area contributed by atoms with Crippen molar-refractivity contribution in [3.05, 3.63) is 70.3 Å². The predicted octanol–water partition coefficient (Wildman–Crippen LogP) is 3.22. The largest absolute Gasteiger partial charge is 0.384 e. The van der Waals surface area contributed by atoms with E-state index >= 15 is 0 Å². The zero-order chi connectivity index (χ0) is 15.4. The first kappa shape index (κ1) is 15.3. The fraction of sp³-hybridized carbons (Fsp3) is 0.278. The summed E-state index contributed by atoms with van der Waals surface area (Å²) in [6.07, 6.45) is 0. The van der Waals surface area contributed by atoms with E-state index in [1.54, 1.807) is 0 Å². The Labute approximate surface area is 126 Å². The van der Waals surface area contributed by atoms with Gasteiger partial charge in [0.05, 0.1) is 0 Å². The summed E-state index contributed by atoms with van der Waals surface area (Å²) < 4.78 is 0. The molecule has 0 bridgehead atoms. The first-order valence-electron chi connectivity index (χ1n) is 7.13. The first-order chi connectivity index (χ1) is 9.95. The molecular weight excluding hydrogens is 258 g/mol. The lowest BCUT2D eigenvalue weighted by Gasteiger charge is -2.19. The number of nitrogens with one attached hydrogen (secondary N) is 1. The summed E-state index contributed by atoms with van der Waals surface area (Å²) in [7, 11) is 2.13. The van der Waals surface area contributed by atoms with Gasteiger partial charge in [-0.15, -0.1) is 0 Å². The molecule has 0 aliphatic heterocycles. The van der Waals surface area contributed by atoms with E-state index in [1.807, 2.05) is 12.1 Å². The van der Waals surface area contributed by atoms with Crippen LogP contribution in [0.4, 0.5) is 0 Å². The lowest BCUT2D eigenvalue weighted by molar-refractivity contribution is 0.318. The van der Waals surface area contributed by atoms with Crippen LogP contribution in [-0.2, 0) is 13.1 Å². The van der Waals surface area contributed by atoms with Crippen molar-refractivity contribution in [2.75, 3.05) is 7.05 Å². The van der Waals surface area contributed by atoms with Crippen molar-refractivity contribution >= 4 is 5.84 Å². The predicted molar refractivity (Wildman–Crippen MR) is 88.5 cm³/mol. The molecule has 2 rings (SSSR count). The highest BCUT2D eigenvalue weighted by Gasteiger charge is 2.06. The fourth-order valence-electron chi connectivity index (χ4n) is 2.51. The molecule has 3 N–H and O–H groups in total. The number of nitrogens with zero attached hydrogens (tertiary/aromatic N) is 1. The minimum absolute atomic E-state index is 0.123. The molecular formula is C18H23N3. The third kappa shape index (κ3) is 4.17. The van der Waals surface area contributed by atoms with E-state index in [4.69, 9.17) is 11.1 Å². The normalized spacial score (nSPS) is 10.9. The van der Waals surface area contributed by atoms with Crippen LogP contribution in [0.1, 0.15) is 27.8 Å². The van der Waals surface area contributed by atoms with E-state index in [9.17, 15) is 0 Å². The second kappa shape index (κ2) is 6.55. The third-order valence-corrected chi connectivity index (χ3v) is 3.63. The summed E-state index contributed by atoms with van der Waals surface area (Å²) in [6.45, 7) is 6.00. The Kier molecular flexibility index (Phi) is 4.76. The lowest BCUT2D eigenvalue weighted by Crippen LogP contribution is -2.18. The van der Waals surface area contributed by atoms with Gasteiger partial charge in [-0.25, -0.2) is 0 Å². The van der Waals surface area contributed by atoms with Crippen LogP contribution in [-0.4, -0.2) is 17.8 Å². The second-order valence-corrected chi connectivity index (χ2v) is 5.72. The van der Waals surface area contributed by atoms with Crippen molar-refractivity contribution in [1.29, 1.82) is 5.41 Å². The van der Waals surface area contributed by atoms with Gasteiger partial charge in [-0.3, -0.25) is 10.3 Å². The van der Waals surface area contributed by atoms with E-state index in [0.717, 1.165) is 18.7 Å².